The lowest BCUT2D eigenvalue weighted by Crippen LogP contribution is -2.42. The Morgan fingerprint density at radius 3 is 2.32 bits per heavy atom. The zero-order chi connectivity index (χ0) is 15.1. The van der Waals surface area contributed by atoms with Crippen molar-refractivity contribution in [1.29, 1.82) is 0 Å². The van der Waals surface area contributed by atoms with Gasteiger partial charge >= 0.3 is 12.1 Å². The first kappa shape index (κ1) is 17.6. The molecule has 0 aliphatic heterocycles. The molecule has 0 aromatic heterocycles. The second kappa shape index (κ2) is 7.87. The van der Waals surface area contributed by atoms with Crippen LogP contribution in [0.5, 0.6) is 0 Å². The van der Waals surface area contributed by atoms with Crippen LogP contribution in [-0.2, 0) is 14.4 Å². The number of aliphatic carboxylic acids is 1. The lowest BCUT2D eigenvalue weighted by Gasteiger charge is -2.13. The van der Waals surface area contributed by atoms with Crippen molar-refractivity contribution < 1.29 is 32.7 Å². The van der Waals surface area contributed by atoms with Gasteiger partial charge in [0.15, 0.2) is 0 Å². The Hall–Kier alpha value is -1.45. The quantitative estimate of drug-likeness (QED) is 0.614. The van der Waals surface area contributed by atoms with E-state index in [9.17, 15) is 27.6 Å². The van der Waals surface area contributed by atoms with E-state index in [1.54, 1.807) is 5.32 Å². The van der Waals surface area contributed by atoms with Crippen LogP contribution in [0.15, 0.2) is 0 Å². The molecule has 0 aliphatic rings. The van der Waals surface area contributed by atoms with E-state index in [1.807, 2.05) is 0 Å². The smallest absolute Gasteiger partial charge is 0.405 e. The molecule has 0 saturated carbocycles. The Bertz CT molecular complexity index is 349. The van der Waals surface area contributed by atoms with Gasteiger partial charge in [-0.05, 0) is 0 Å². The number of halogens is 3. The summed E-state index contributed by atoms with van der Waals surface area (Å²) in [5, 5.41) is 12.5. The van der Waals surface area contributed by atoms with Crippen LogP contribution < -0.4 is 10.6 Å². The molecule has 3 N–H and O–H groups in total. The number of carboxylic acid groups (broad SMARTS) is 1. The topological polar surface area (TPSA) is 95.5 Å². The summed E-state index contributed by atoms with van der Waals surface area (Å²) in [6, 6.07) is -1.18. The fraction of sp³-hybridized carbons (Fsp3) is 0.667. The Labute approximate surface area is 111 Å². The van der Waals surface area contributed by atoms with Gasteiger partial charge in [0.25, 0.3) is 0 Å². The summed E-state index contributed by atoms with van der Waals surface area (Å²) in [6.45, 7) is -0.295. The summed E-state index contributed by atoms with van der Waals surface area (Å²) in [7, 11) is 0. The summed E-state index contributed by atoms with van der Waals surface area (Å²) in [5.74, 6) is -3.12. The van der Waals surface area contributed by atoms with Gasteiger partial charge in [-0.3, -0.25) is 9.59 Å². The molecule has 0 aliphatic carbocycles. The lowest BCUT2D eigenvalue weighted by atomic mass is 10.3. The van der Waals surface area contributed by atoms with E-state index in [-0.39, 0.29) is 11.5 Å². The number of rotatable bonds is 7. The van der Waals surface area contributed by atoms with Gasteiger partial charge in [0.1, 0.15) is 12.6 Å². The Morgan fingerprint density at radius 2 is 1.89 bits per heavy atom. The minimum atomic E-state index is -4.49. The summed E-state index contributed by atoms with van der Waals surface area (Å²) in [5.41, 5.74) is 0. The summed E-state index contributed by atoms with van der Waals surface area (Å²) >= 11 is 0.815. The summed E-state index contributed by atoms with van der Waals surface area (Å²) in [4.78, 5) is 32.4. The molecule has 0 rings (SSSR count). The molecule has 0 bridgehead atoms. The van der Waals surface area contributed by atoms with Gasteiger partial charge in [0.05, 0.1) is 5.75 Å². The number of thioether (sulfide) groups is 1. The number of alkyl halides is 3. The van der Waals surface area contributed by atoms with Crippen molar-refractivity contribution in [3.8, 4) is 0 Å². The average molecular weight is 302 g/mol. The van der Waals surface area contributed by atoms with Gasteiger partial charge in [0, 0.05) is 12.7 Å². The second-order valence-corrected chi connectivity index (χ2v) is 4.53. The van der Waals surface area contributed by atoms with Crippen molar-refractivity contribution in [1.82, 2.24) is 10.6 Å². The minimum Gasteiger partial charge on any atom is -0.480 e. The van der Waals surface area contributed by atoms with Crippen LogP contribution in [0.4, 0.5) is 13.2 Å². The molecule has 0 radical (unpaired) electrons. The number of nitrogens with one attached hydrogen (secondary N) is 2. The number of carbonyl (C=O) groups is 3. The van der Waals surface area contributed by atoms with Gasteiger partial charge in [-0.2, -0.15) is 13.2 Å². The zero-order valence-electron chi connectivity index (χ0n) is 9.91. The normalized spacial score (nSPS) is 12.6. The van der Waals surface area contributed by atoms with Gasteiger partial charge < -0.3 is 15.7 Å². The molecule has 0 aromatic rings. The largest absolute Gasteiger partial charge is 0.480 e. The van der Waals surface area contributed by atoms with E-state index in [4.69, 9.17) is 5.11 Å². The summed E-state index contributed by atoms with van der Waals surface area (Å²) in [6.07, 6.45) is -4.49. The van der Waals surface area contributed by atoms with E-state index in [1.165, 1.54) is 0 Å². The molecule has 10 heteroatoms. The molecule has 0 heterocycles. The fourth-order valence-electron chi connectivity index (χ4n) is 0.939. The minimum absolute atomic E-state index is 0.117. The molecule has 0 saturated heterocycles. The van der Waals surface area contributed by atoms with Crippen LogP contribution in [0.1, 0.15) is 6.92 Å². The molecule has 19 heavy (non-hydrogen) atoms. The maximum absolute atomic E-state index is 11.8. The fourth-order valence-corrected chi connectivity index (χ4v) is 1.81. The molecular formula is C9H13F3N2O4S. The Kier molecular flexibility index (Phi) is 7.27. The third-order valence-corrected chi connectivity index (χ3v) is 2.71. The van der Waals surface area contributed by atoms with Crippen LogP contribution >= 0.6 is 11.8 Å². The molecule has 6 nitrogen and oxygen atoms in total. The molecule has 0 spiro atoms. The lowest BCUT2D eigenvalue weighted by molar-refractivity contribution is -0.140. The molecule has 0 fully saturated rings. The maximum Gasteiger partial charge on any atom is 0.405 e. The first-order valence-electron chi connectivity index (χ1n) is 5.03. The highest BCUT2D eigenvalue weighted by atomic mass is 32.2. The van der Waals surface area contributed by atoms with E-state index in [0.29, 0.717) is 0 Å². The highest BCUT2D eigenvalue weighted by Gasteiger charge is 2.27. The molecule has 2 amide bonds. The standard InChI is InChI=1S/C9H13F3N2O4S/c1-5(15)14-6(8(17)18)2-19-3-7(16)13-4-9(10,11)12/h6H,2-4H2,1H3,(H,13,16)(H,14,15)(H,17,18). The first-order chi connectivity index (χ1) is 8.61. The van der Waals surface area contributed by atoms with Crippen molar-refractivity contribution in [2.45, 2.75) is 19.1 Å². The van der Waals surface area contributed by atoms with Gasteiger partial charge in [-0.25, -0.2) is 4.79 Å². The second-order valence-electron chi connectivity index (χ2n) is 3.50. The first-order valence-corrected chi connectivity index (χ1v) is 6.18. The van der Waals surface area contributed by atoms with E-state index < -0.39 is 36.5 Å². The Morgan fingerprint density at radius 1 is 1.32 bits per heavy atom. The molecular weight excluding hydrogens is 289 g/mol. The van der Waals surface area contributed by atoms with E-state index in [2.05, 4.69) is 5.32 Å². The van der Waals surface area contributed by atoms with Gasteiger partial charge in [-0.15, -0.1) is 11.8 Å². The van der Waals surface area contributed by atoms with Crippen LogP contribution in [0.25, 0.3) is 0 Å². The van der Waals surface area contributed by atoms with Crippen molar-refractivity contribution in [3.05, 3.63) is 0 Å². The van der Waals surface area contributed by atoms with Gasteiger partial charge in [-0.1, -0.05) is 0 Å². The van der Waals surface area contributed by atoms with Crippen molar-refractivity contribution in [2.75, 3.05) is 18.1 Å². The van der Waals surface area contributed by atoms with Crippen molar-refractivity contribution in [2.24, 2.45) is 0 Å². The molecule has 1 atom stereocenters. The van der Waals surface area contributed by atoms with Crippen molar-refractivity contribution in [3.63, 3.8) is 0 Å². The number of hydrogen-bond acceptors (Lipinski definition) is 4. The predicted octanol–water partition coefficient (Wildman–Crippen LogP) is -0.0126. The molecule has 0 aromatic carbocycles. The van der Waals surface area contributed by atoms with Crippen LogP contribution in [0, 0.1) is 0 Å². The van der Waals surface area contributed by atoms with Gasteiger partial charge in [0.2, 0.25) is 11.8 Å². The van der Waals surface area contributed by atoms with Crippen LogP contribution in [0.3, 0.4) is 0 Å². The predicted molar refractivity (Wildman–Crippen MR) is 61.6 cm³/mol. The highest BCUT2D eigenvalue weighted by molar-refractivity contribution is 8.00. The SMILES string of the molecule is CC(=O)NC(CSCC(=O)NCC(F)(F)F)C(=O)O. The number of hydrogen-bond donors (Lipinski definition) is 3. The monoisotopic (exact) mass is 302 g/mol. The number of carboxylic acids is 1. The third-order valence-electron chi connectivity index (χ3n) is 1.68. The summed E-state index contributed by atoms with van der Waals surface area (Å²) < 4.78 is 35.3. The highest BCUT2D eigenvalue weighted by Crippen LogP contribution is 2.12. The van der Waals surface area contributed by atoms with E-state index >= 15 is 0 Å². The van der Waals surface area contributed by atoms with Crippen LogP contribution in [0.2, 0.25) is 0 Å². The van der Waals surface area contributed by atoms with Crippen molar-refractivity contribution >= 4 is 29.5 Å². The van der Waals surface area contributed by atoms with Crippen LogP contribution in [-0.4, -0.2) is 53.2 Å². The van der Waals surface area contributed by atoms with E-state index in [0.717, 1.165) is 18.7 Å². The Balaban J connectivity index is 3.96. The number of amides is 2. The number of carbonyl (C=O) groups excluding carboxylic acids is 2. The molecule has 1 unspecified atom stereocenters. The maximum atomic E-state index is 11.8. The molecule has 110 valence electrons. The average Bonchev–Trinajstić information content (AvgIpc) is 2.23. The zero-order valence-corrected chi connectivity index (χ0v) is 10.7. The third kappa shape index (κ3) is 10.2.